The summed E-state index contributed by atoms with van der Waals surface area (Å²) in [5.41, 5.74) is 0. The Morgan fingerprint density at radius 3 is 1.97 bits per heavy atom. The van der Waals surface area contributed by atoms with Crippen molar-refractivity contribution in [2.75, 3.05) is 0 Å². The maximum atomic E-state index is 14.2. The van der Waals surface area contributed by atoms with E-state index in [4.69, 9.17) is 0 Å². The van der Waals surface area contributed by atoms with E-state index in [1.807, 2.05) is 0 Å². The van der Waals surface area contributed by atoms with Gasteiger partial charge in [-0.15, -0.1) is 0 Å². The average Bonchev–Trinajstić information content (AvgIpc) is 2.98. The highest BCUT2D eigenvalue weighted by Gasteiger charge is 2.54. The van der Waals surface area contributed by atoms with Gasteiger partial charge in [0.05, 0.1) is 4.90 Å². The van der Waals surface area contributed by atoms with Crippen molar-refractivity contribution in [3.05, 3.63) is 24.3 Å². The highest BCUT2D eigenvalue weighted by molar-refractivity contribution is 7.89. The second-order valence-corrected chi connectivity index (χ2v) is 11.5. The van der Waals surface area contributed by atoms with Crippen LogP contribution in [0.15, 0.2) is 29.2 Å². The average molecular weight is 477 g/mol. The summed E-state index contributed by atoms with van der Waals surface area (Å²) >= 11 is 0. The molecule has 4 heterocycles. The zero-order valence-electron chi connectivity index (χ0n) is 17.7. The molecule has 1 aromatic carbocycles. The van der Waals surface area contributed by atoms with E-state index >= 15 is 0 Å². The van der Waals surface area contributed by atoms with Crippen LogP contribution in [0.3, 0.4) is 0 Å². The molecule has 0 radical (unpaired) electrons. The van der Waals surface area contributed by atoms with E-state index in [1.54, 1.807) is 4.31 Å². The standard InChI is InChI=1S/C22H28F4N2O3S/c23-21(24)31-19-6-8-20(9-7-19)32(29,30)28-14-4-5-15(28)11-18(10-14)27-16-2-1-3-17(27)13-22(25,26)12-16/h6-9,14-18,21H,1-5,10-13H2. The fourth-order valence-corrected chi connectivity index (χ4v) is 8.52. The smallest absolute Gasteiger partial charge is 0.387 e. The zero-order valence-corrected chi connectivity index (χ0v) is 18.5. The van der Waals surface area contributed by atoms with Crippen LogP contribution < -0.4 is 4.74 Å². The molecule has 4 bridgehead atoms. The highest BCUT2D eigenvalue weighted by Crippen LogP contribution is 2.48. The van der Waals surface area contributed by atoms with Gasteiger partial charge in [0.2, 0.25) is 10.0 Å². The predicted molar refractivity (Wildman–Crippen MR) is 109 cm³/mol. The molecule has 10 heteroatoms. The molecule has 178 valence electrons. The van der Waals surface area contributed by atoms with Gasteiger partial charge in [0.15, 0.2) is 0 Å². The van der Waals surface area contributed by atoms with E-state index in [9.17, 15) is 26.0 Å². The first-order valence-corrected chi connectivity index (χ1v) is 12.8. The van der Waals surface area contributed by atoms with Crippen molar-refractivity contribution in [1.29, 1.82) is 0 Å². The number of alkyl halides is 4. The molecule has 4 saturated heterocycles. The van der Waals surface area contributed by atoms with Crippen molar-refractivity contribution in [2.45, 2.75) is 105 Å². The van der Waals surface area contributed by atoms with E-state index in [0.717, 1.165) is 32.1 Å². The van der Waals surface area contributed by atoms with Crippen LogP contribution >= 0.6 is 0 Å². The molecule has 4 atom stereocenters. The largest absolute Gasteiger partial charge is 0.435 e. The first-order chi connectivity index (χ1) is 15.1. The fourth-order valence-electron chi connectivity index (χ4n) is 6.63. The Morgan fingerprint density at radius 1 is 0.875 bits per heavy atom. The second kappa shape index (κ2) is 8.13. The van der Waals surface area contributed by atoms with Gasteiger partial charge in [-0.2, -0.15) is 13.1 Å². The molecule has 4 unspecified atom stereocenters. The predicted octanol–water partition coefficient (Wildman–Crippen LogP) is 4.62. The quantitative estimate of drug-likeness (QED) is 0.582. The van der Waals surface area contributed by atoms with E-state index in [-0.39, 0.29) is 53.7 Å². The number of halogens is 4. The Morgan fingerprint density at radius 2 is 1.44 bits per heavy atom. The zero-order chi connectivity index (χ0) is 22.7. The van der Waals surface area contributed by atoms with Crippen molar-refractivity contribution < 1.29 is 30.7 Å². The van der Waals surface area contributed by atoms with Gasteiger partial charge in [0.25, 0.3) is 5.92 Å². The third kappa shape index (κ3) is 4.03. The minimum absolute atomic E-state index is 0.0592. The van der Waals surface area contributed by atoms with Crippen molar-refractivity contribution in [1.82, 2.24) is 9.21 Å². The summed E-state index contributed by atoms with van der Waals surface area (Å²) in [6, 6.07) is 4.65. The van der Waals surface area contributed by atoms with Crippen LogP contribution in [0.1, 0.15) is 57.8 Å². The lowest BCUT2D eigenvalue weighted by Gasteiger charge is -2.54. The second-order valence-electron chi connectivity index (χ2n) is 9.65. The van der Waals surface area contributed by atoms with E-state index in [2.05, 4.69) is 9.64 Å². The van der Waals surface area contributed by atoms with Gasteiger partial charge < -0.3 is 4.74 Å². The van der Waals surface area contributed by atoms with Crippen LogP contribution in [0.5, 0.6) is 5.75 Å². The van der Waals surface area contributed by atoms with Crippen LogP contribution in [0.25, 0.3) is 0 Å². The van der Waals surface area contributed by atoms with Crippen LogP contribution in [0, 0.1) is 0 Å². The van der Waals surface area contributed by atoms with E-state index in [0.29, 0.717) is 12.8 Å². The molecule has 4 aliphatic rings. The lowest BCUT2D eigenvalue weighted by molar-refractivity contribution is -0.136. The number of fused-ring (bicyclic) bond motifs is 4. The van der Waals surface area contributed by atoms with Gasteiger partial charge >= 0.3 is 6.61 Å². The number of piperidine rings is 3. The fraction of sp³-hybridized carbons (Fsp3) is 0.727. The topological polar surface area (TPSA) is 49.9 Å². The molecular weight excluding hydrogens is 448 g/mol. The molecule has 0 spiro atoms. The maximum absolute atomic E-state index is 14.2. The Hall–Kier alpha value is -1.39. The Labute approximate surface area is 185 Å². The minimum Gasteiger partial charge on any atom is -0.435 e. The minimum atomic E-state index is -3.78. The molecule has 5 nitrogen and oxygen atoms in total. The normalized spacial score (nSPS) is 35.2. The van der Waals surface area contributed by atoms with Crippen molar-refractivity contribution in [2.24, 2.45) is 0 Å². The number of nitrogens with zero attached hydrogens (tertiary/aromatic N) is 2. The van der Waals surface area contributed by atoms with Crippen LogP contribution in [-0.2, 0) is 10.0 Å². The summed E-state index contributed by atoms with van der Waals surface area (Å²) in [5.74, 6) is -2.69. The Kier molecular flexibility index (Phi) is 5.69. The van der Waals surface area contributed by atoms with Crippen LogP contribution in [-0.4, -0.2) is 60.4 Å². The molecule has 5 rings (SSSR count). The SMILES string of the molecule is O=S(=O)(c1ccc(OC(F)F)cc1)N1C2CCC1CC(N1C3CCCC1CC(F)(F)C3)C2. The molecule has 4 aliphatic heterocycles. The number of rotatable bonds is 5. The first-order valence-electron chi connectivity index (χ1n) is 11.4. The van der Waals surface area contributed by atoms with Gasteiger partial charge in [-0.3, -0.25) is 4.90 Å². The molecule has 0 N–H and O–H groups in total. The van der Waals surface area contributed by atoms with Gasteiger partial charge in [-0.25, -0.2) is 17.2 Å². The van der Waals surface area contributed by atoms with Gasteiger partial charge in [-0.1, -0.05) is 6.42 Å². The Balaban J connectivity index is 1.33. The first kappa shape index (κ1) is 22.4. The molecule has 1 aromatic rings. The highest BCUT2D eigenvalue weighted by atomic mass is 32.2. The van der Waals surface area contributed by atoms with Gasteiger partial charge in [0, 0.05) is 43.1 Å². The van der Waals surface area contributed by atoms with E-state index in [1.165, 1.54) is 24.3 Å². The number of benzene rings is 1. The van der Waals surface area contributed by atoms with Crippen molar-refractivity contribution in [3.63, 3.8) is 0 Å². The summed E-state index contributed by atoms with van der Waals surface area (Å²) < 4.78 is 85.7. The number of sulfonamides is 1. The van der Waals surface area contributed by atoms with Crippen LogP contribution in [0.4, 0.5) is 17.6 Å². The molecule has 0 aliphatic carbocycles. The van der Waals surface area contributed by atoms with Crippen molar-refractivity contribution in [3.8, 4) is 5.75 Å². The maximum Gasteiger partial charge on any atom is 0.387 e. The molecular formula is C22H28F4N2O3S. The molecule has 0 saturated carbocycles. The summed E-state index contributed by atoms with van der Waals surface area (Å²) in [6.45, 7) is -2.97. The van der Waals surface area contributed by atoms with E-state index < -0.39 is 22.6 Å². The van der Waals surface area contributed by atoms with Crippen molar-refractivity contribution >= 4 is 10.0 Å². The molecule has 0 amide bonds. The number of ether oxygens (including phenoxy) is 1. The summed E-state index contributed by atoms with van der Waals surface area (Å²) in [6.07, 6.45) is 5.18. The van der Waals surface area contributed by atoms with Crippen LogP contribution in [0.2, 0.25) is 0 Å². The van der Waals surface area contributed by atoms with Gasteiger partial charge in [0.1, 0.15) is 5.75 Å². The van der Waals surface area contributed by atoms with Gasteiger partial charge in [-0.05, 0) is 62.8 Å². The lowest BCUT2D eigenvalue weighted by Crippen LogP contribution is -2.62. The molecule has 0 aromatic heterocycles. The third-order valence-electron chi connectivity index (χ3n) is 7.67. The monoisotopic (exact) mass is 476 g/mol. The lowest BCUT2D eigenvalue weighted by atomic mass is 9.79. The molecule has 4 fully saturated rings. The molecule has 32 heavy (non-hydrogen) atoms. The summed E-state index contributed by atoms with van der Waals surface area (Å²) in [5, 5.41) is 0. The summed E-state index contributed by atoms with van der Waals surface area (Å²) in [7, 11) is -3.78. The summed E-state index contributed by atoms with van der Waals surface area (Å²) in [4.78, 5) is 2.37. The number of hydrogen-bond acceptors (Lipinski definition) is 4. The number of hydrogen-bond donors (Lipinski definition) is 0. The Bertz CT molecular complexity index is 913. The third-order valence-corrected chi connectivity index (χ3v) is 9.69.